The number of morpholine rings is 1. The summed E-state index contributed by atoms with van der Waals surface area (Å²) in [6.07, 6.45) is 4.12. The van der Waals surface area contributed by atoms with Gasteiger partial charge in [-0.25, -0.2) is 0 Å². The van der Waals surface area contributed by atoms with Crippen molar-refractivity contribution in [3.63, 3.8) is 0 Å². The van der Waals surface area contributed by atoms with E-state index < -0.39 is 41.3 Å². The van der Waals surface area contributed by atoms with Gasteiger partial charge in [-0.15, -0.1) is 0 Å². The van der Waals surface area contributed by atoms with E-state index in [1.54, 1.807) is 19.2 Å². The van der Waals surface area contributed by atoms with Gasteiger partial charge in [0.15, 0.2) is 28.8 Å². The van der Waals surface area contributed by atoms with Crippen LogP contribution < -0.4 is 20.1 Å². The maximum atomic E-state index is 14.7. The van der Waals surface area contributed by atoms with Gasteiger partial charge < -0.3 is 34.1 Å². The fourth-order valence-electron chi connectivity index (χ4n) is 9.37. The van der Waals surface area contributed by atoms with Crippen LogP contribution in [0.2, 0.25) is 0 Å². The molecular weight excluding hydrogens is 917 g/mol. The van der Waals surface area contributed by atoms with Gasteiger partial charge in [-0.1, -0.05) is 95.3 Å². The van der Waals surface area contributed by atoms with E-state index in [2.05, 4.69) is 26.0 Å². The first-order valence-electron chi connectivity index (χ1n) is 25.7. The zero-order valence-corrected chi connectivity index (χ0v) is 43.0. The number of ketones is 3. The molecule has 0 radical (unpaired) electrons. The van der Waals surface area contributed by atoms with Gasteiger partial charge in [-0.05, 0) is 86.6 Å². The molecule has 0 aliphatic carbocycles. The molecule has 6 rings (SSSR count). The van der Waals surface area contributed by atoms with Crippen molar-refractivity contribution >= 4 is 35.1 Å². The molecule has 0 spiro atoms. The molecule has 72 heavy (non-hydrogen) atoms. The number of Topliss-reactive ketones (excluding diaryl/α,β-unsaturated/α-hetero) is 3. The van der Waals surface area contributed by atoms with Crippen LogP contribution in [0.25, 0.3) is 0 Å². The summed E-state index contributed by atoms with van der Waals surface area (Å²) in [5, 5.41) is 16.6. The quantitative estimate of drug-likeness (QED) is 0.0212. The number of hydrogen-bond acceptors (Lipinski definition) is 12. The molecule has 16 nitrogen and oxygen atoms in total. The molecular formula is C56H75N6O10+. The zero-order valence-electron chi connectivity index (χ0n) is 43.0. The van der Waals surface area contributed by atoms with Gasteiger partial charge in [0, 0.05) is 36.7 Å². The van der Waals surface area contributed by atoms with Crippen molar-refractivity contribution in [1.29, 1.82) is 0 Å². The molecule has 0 bridgehead atoms. The summed E-state index contributed by atoms with van der Waals surface area (Å²) in [5.41, 5.74) is 2.36. The summed E-state index contributed by atoms with van der Waals surface area (Å²) in [6, 6.07) is 23.0. The smallest absolute Gasteiger partial charge is 0.311 e. The number of rotatable bonds is 30. The van der Waals surface area contributed by atoms with Crippen LogP contribution in [-0.4, -0.2) is 112 Å². The molecule has 5 atom stereocenters. The molecule has 3 heterocycles. The van der Waals surface area contributed by atoms with Crippen LogP contribution >= 0.6 is 0 Å². The summed E-state index contributed by atoms with van der Waals surface area (Å²) in [4.78, 5) is 84.3. The Labute approximate surface area is 424 Å². The lowest BCUT2D eigenvalue weighted by Crippen LogP contribution is -2.57. The number of aromatic nitrogens is 3. The Hall–Kier alpha value is -6.10. The van der Waals surface area contributed by atoms with Crippen molar-refractivity contribution in [2.24, 2.45) is 23.7 Å². The van der Waals surface area contributed by atoms with Gasteiger partial charge in [0.25, 0.3) is 0 Å². The first kappa shape index (κ1) is 55.2. The normalized spacial score (nSPS) is 17.8. The average Bonchev–Trinajstić information content (AvgIpc) is 3.88. The van der Waals surface area contributed by atoms with Crippen LogP contribution in [0.3, 0.4) is 0 Å². The first-order chi connectivity index (χ1) is 34.5. The van der Waals surface area contributed by atoms with Crippen LogP contribution in [0.4, 0.5) is 0 Å². The van der Waals surface area contributed by atoms with Crippen LogP contribution in [0.15, 0.2) is 85.1 Å². The first-order valence-corrected chi connectivity index (χ1v) is 25.7. The predicted molar refractivity (Wildman–Crippen MR) is 270 cm³/mol. The van der Waals surface area contributed by atoms with Crippen molar-refractivity contribution in [3.05, 3.63) is 107 Å². The van der Waals surface area contributed by atoms with Crippen molar-refractivity contribution < 1.29 is 52.2 Å². The summed E-state index contributed by atoms with van der Waals surface area (Å²) >= 11 is 0. The highest BCUT2D eigenvalue weighted by Gasteiger charge is 2.50. The molecule has 16 heteroatoms. The third kappa shape index (κ3) is 17.0. The van der Waals surface area contributed by atoms with E-state index in [1.165, 1.54) is 0 Å². The minimum Gasteiger partial charge on any atom is -0.483 e. The number of amides is 2. The third-order valence-corrected chi connectivity index (χ3v) is 13.4. The number of epoxide rings is 1. The number of ether oxygens (including phenoxy) is 4. The second-order valence-corrected chi connectivity index (χ2v) is 20.8. The third-order valence-electron chi connectivity index (χ3n) is 13.4. The maximum Gasteiger partial charge on any atom is 0.311 e. The number of H-pyrrole nitrogens is 1. The second-order valence-electron chi connectivity index (χ2n) is 20.8. The number of carbonyl (C=O) groups excluding carboxylic acids is 6. The minimum atomic E-state index is -0.939. The second kappa shape index (κ2) is 26.6. The number of nitrogens with one attached hydrogen (secondary N) is 3. The summed E-state index contributed by atoms with van der Waals surface area (Å²) in [5.74, 6) is -2.57. The fraction of sp³-hybridized carbons (Fsp3) is 0.536. The number of benzene rings is 3. The van der Waals surface area contributed by atoms with Crippen molar-refractivity contribution in [2.75, 3.05) is 39.5 Å². The monoisotopic (exact) mass is 992 g/mol. The number of esters is 1. The lowest BCUT2D eigenvalue weighted by Gasteiger charge is -2.41. The Morgan fingerprint density at radius 3 is 2.06 bits per heavy atom. The van der Waals surface area contributed by atoms with Gasteiger partial charge in [-0.3, -0.25) is 28.8 Å². The summed E-state index contributed by atoms with van der Waals surface area (Å²) < 4.78 is 23.5. The van der Waals surface area contributed by atoms with Gasteiger partial charge in [-0.2, -0.15) is 15.4 Å². The Kier molecular flexibility index (Phi) is 20.4. The van der Waals surface area contributed by atoms with Crippen molar-refractivity contribution in [1.82, 2.24) is 26.0 Å². The molecule has 0 unspecified atom stereocenters. The van der Waals surface area contributed by atoms with Gasteiger partial charge in [0.05, 0.1) is 38.1 Å². The summed E-state index contributed by atoms with van der Waals surface area (Å²) in [6.45, 7) is 14.5. The molecule has 4 aromatic rings. The summed E-state index contributed by atoms with van der Waals surface area (Å²) in [7, 11) is 0. The van der Waals surface area contributed by atoms with E-state index >= 15 is 0 Å². The Morgan fingerprint density at radius 2 is 1.43 bits per heavy atom. The van der Waals surface area contributed by atoms with Gasteiger partial charge in [0.1, 0.15) is 44.1 Å². The molecule has 2 aliphatic heterocycles. The molecule has 3 N–H and O–H groups in total. The maximum absolute atomic E-state index is 14.7. The SMILES string of the molecule is CCCC(=O)Oc1ccc(C[N+]2(CC(=O)C[C@@H](CCc3ccccc3)C(=O)N[C@@H](CC(C)C)C(=O)C[C@@H](Cc3ccccc3)C(=O)N[C@@H](CC(C)C)C(=O)[C@@]3(C)CO3)CCOCC2)cc1OCc1cn[nH]n1. The number of aromatic amines is 1. The lowest BCUT2D eigenvalue weighted by molar-refractivity contribution is -0.940. The fourth-order valence-corrected chi connectivity index (χ4v) is 9.37. The molecule has 2 fully saturated rings. The van der Waals surface area contributed by atoms with Gasteiger partial charge >= 0.3 is 5.97 Å². The lowest BCUT2D eigenvalue weighted by atomic mass is 9.87. The van der Waals surface area contributed by atoms with Crippen LogP contribution in [0.5, 0.6) is 11.5 Å². The topological polar surface area (TPSA) is 208 Å². The highest BCUT2D eigenvalue weighted by Crippen LogP contribution is 2.33. The molecule has 3 aromatic carbocycles. The molecule has 2 saturated heterocycles. The molecule has 388 valence electrons. The Morgan fingerprint density at radius 1 is 0.792 bits per heavy atom. The van der Waals surface area contributed by atoms with E-state index in [0.717, 1.165) is 16.7 Å². The number of quaternary nitrogens is 1. The van der Waals surface area contributed by atoms with E-state index in [9.17, 15) is 28.8 Å². The number of aryl methyl sites for hydroxylation is 1. The Balaban J connectivity index is 1.21. The molecule has 1 aromatic heterocycles. The average molecular weight is 992 g/mol. The molecule has 2 aliphatic rings. The predicted octanol–water partition coefficient (Wildman–Crippen LogP) is 6.88. The van der Waals surface area contributed by atoms with Gasteiger partial charge in [0.2, 0.25) is 11.8 Å². The van der Waals surface area contributed by atoms with Crippen molar-refractivity contribution in [2.45, 2.75) is 130 Å². The van der Waals surface area contributed by atoms with E-state index in [0.29, 0.717) is 87.5 Å². The van der Waals surface area contributed by atoms with E-state index in [4.69, 9.17) is 18.9 Å². The van der Waals surface area contributed by atoms with Crippen LogP contribution in [-0.2, 0) is 64.2 Å². The molecule has 2 amide bonds. The van der Waals surface area contributed by atoms with E-state index in [-0.39, 0.29) is 79.7 Å². The number of nitrogens with zero attached hydrogens (tertiary/aromatic N) is 3. The van der Waals surface area contributed by atoms with Crippen LogP contribution in [0, 0.1) is 23.7 Å². The zero-order chi connectivity index (χ0) is 51.7. The van der Waals surface area contributed by atoms with Crippen LogP contribution in [0.1, 0.15) is 109 Å². The molecule has 0 saturated carbocycles. The van der Waals surface area contributed by atoms with E-state index in [1.807, 2.05) is 107 Å². The van der Waals surface area contributed by atoms with Crippen molar-refractivity contribution in [3.8, 4) is 11.5 Å². The number of hydrogen-bond donors (Lipinski definition) is 3. The highest BCUT2D eigenvalue weighted by atomic mass is 16.6. The number of carbonyl (C=O) groups is 6. The minimum absolute atomic E-state index is 0.00810. The largest absolute Gasteiger partial charge is 0.483 e. The standard InChI is InChI=1S/C56H74N6O10/c1-7-14-52(65)72-50-22-20-42(30-51(50)70-36-45-33-57-61-60-45)34-62(23-25-69-26-24-62)35-46(63)31-43(21-19-40-15-10-8-11-16-40)54(67)58-47(27-38(2)3)49(64)32-44(29-41-17-12-9-13-18-41)55(68)59-48(28-39(4)5)53(66)56(6)37-71-56/h8-13,15-18,20,22,30,33,38-39,43-44,47-48H,7,14,19,21,23-29,31-32,34-37H2,1-6H3,(H2-,57,58,59,60,61,67,68)/p+1/t43-,44-,47+,48+,56-/m1/s1. The highest BCUT2D eigenvalue weighted by molar-refractivity contribution is 5.98. The Bertz CT molecular complexity index is 2400.